The summed E-state index contributed by atoms with van der Waals surface area (Å²) < 4.78 is 28.2. The van der Waals surface area contributed by atoms with Crippen molar-refractivity contribution in [3.8, 4) is 11.3 Å². The van der Waals surface area contributed by atoms with E-state index in [1.807, 2.05) is 55.5 Å². The van der Waals surface area contributed by atoms with Crippen molar-refractivity contribution in [1.29, 1.82) is 0 Å². The molecule has 38 heavy (non-hydrogen) atoms. The van der Waals surface area contributed by atoms with Gasteiger partial charge in [0.05, 0.1) is 21.7 Å². The lowest BCUT2D eigenvalue weighted by Gasteiger charge is -2.12. The topological polar surface area (TPSA) is 114 Å². The number of hydrogen-bond acceptors (Lipinski definition) is 6. The van der Waals surface area contributed by atoms with E-state index in [-0.39, 0.29) is 16.6 Å². The minimum absolute atomic E-state index is 0.0422. The van der Waals surface area contributed by atoms with Crippen LogP contribution in [0.2, 0.25) is 0 Å². The van der Waals surface area contributed by atoms with E-state index in [0.29, 0.717) is 34.0 Å². The molecule has 0 aliphatic heterocycles. The summed E-state index contributed by atoms with van der Waals surface area (Å²) in [7, 11) is -3.87. The first-order valence-electron chi connectivity index (χ1n) is 11.9. The summed E-state index contributed by atoms with van der Waals surface area (Å²) in [5.74, 6) is 0.343. The molecule has 0 aliphatic carbocycles. The van der Waals surface area contributed by atoms with Crippen LogP contribution in [0.25, 0.3) is 22.2 Å². The first-order chi connectivity index (χ1) is 18.2. The molecule has 0 saturated heterocycles. The van der Waals surface area contributed by atoms with Gasteiger partial charge >= 0.3 is 0 Å². The van der Waals surface area contributed by atoms with Crippen LogP contribution in [-0.4, -0.2) is 29.3 Å². The lowest BCUT2D eigenvalue weighted by atomic mass is 10.0. The zero-order valence-corrected chi connectivity index (χ0v) is 21.9. The highest BCUT2D eigenvalue weighted by atomic mass is 32.2. The van der Waals surface area contributed by atoms with Gasteiger partial charge in [-0.15, -0.1) is 0 Å². The second-order valence-electron chi connectivity index (χ2n) is 8.91. The Bertz CT molecular complexity index is 1760. The first kappa shape index (κ1) is 25.0. The standard InChI is InChI=1S/C29H25N5O3S/c1-18-8-4-5-9-23(18)27-17-25(24-10-6-7-11-26(24)33-27)29(35)32-21-12-14-22(15-13-21)38(36,37)34-28-16-19(2)30-20(3)31-28/h4-17H,1-3H3,(H,32,35)(H,30,31,34). The Morgan fingerprint density at radius 2 is 1.50 bits per heavy atom. The molecular weight excluding hydrogens is 498 g/mol. The third-order valence-electron chi connectivity index (χ3n) is 6.01. The summed E-state index contributed by atoms with van der Waals surface area (Å²) in [6.45, 7) is 5.46. The quantitative estimate of drug-likeness (QED) is 0.296. The van der Waals surface area contributed by atoms with E-state index in [1.54, 1.807) is 38.1 Å². The van der Waals surface area contributed by atoms with Crippen molar-refractivity contribution in [2.75, 3.05) is 10.0 Å². The van der Waals surface area contributed by atoms with Crippen molar-refractivity contribution in [2.45, 2.75) is 25.7 Å². The van der Waals surface area contributed by atoms with Gasteiger partial charge in [0.15, 0.2) is 0 Å². The second kappa shape index (κ2) is 10.0. The zero-order valence-electron chi connectivity index (χ0n) is 21.1. The van der Waals surface area contributed by atoms with E-state index in [1.165, 1.54) is 12.1 Å². The smallest absolute Gasteiger partial charge is 0.263 e. The number of hydrogen-bond donors (Lipinski definition) is 2. The fourth-order valence-electron chi connectivity index (χ4n) is 4.24. The first-order valence-corrected chi connectivity index (χ1v) is 13.4. The number of nitrogens with one attached hydrogen (secondary N) is 2. The molecule has 2 heterocycles. The van der Waals surface area contributed by atoms with Crippen molar-refractivity contribution in [2.24, 2.45) is 0 Å². The Hall–Kier alpha value is -4.63. The number of sulfonamides is 1. The summed E-state index contributed by atoms with van der Waals surface area (Å²) in [4.78, 5) is 26.5. The van der Waals surface area contributed by atoms with Crippen LogP contribution in [0.3, 0.4) is 0 Å². The predicted octanol–water partition coefficient (Wildman–Crippen LogP) is 5.67. The van der Waals surface area contributed by atoms with Crippen LogP contribution in [0.5, 0.6) is 0 Å². The van der Waals surface area contributed by atoms with Gasteiger partial charge in [0, 0.05) is 28.4 Å². The average Bonchev–Trinajstić information content (AvgIpc) is 2.87. The third kappa shape index (κ3) is 5.23. The van der Waals surface area contributed by atoms with Gasteiger partial charge in [-0.3, -0.25) is 9.52 Å². The average molecular weight is 524 g/mol. The van der Waals surface area contributed by atoms with E-state index in [9.17, 15) is 13.2 Å². The largest absolute Gasteiger partial charge is 0.322 e. The fraction of sp³-hybridized carbons (Fsp3) is 0.103. The Morgan fingerprint density at radius 1 is 0.789 bits per heavy atom. The SMILES string of the molecule is Cc1cc(NS(=O)(=O)c2ccc(NC(=O)c3cc(-c4ccccc4C)nc4ccccc34)cc2)nc(C)n1. The number of carbonyl (C=O) groups excluding carboxylic acids is 1. The van der Waals surface area contributed by atoms with Crippen LogP contribution in [0.1, 0.15) is 27.4 Å². The highest BCUT2D eigenvalue weighted by molar-refractivity contribution is 7.92. The molecule has 0 aliphatic rings. The number of aryl methyl sites for hydroxylation is 3. The molecule has 0 spiro atoms. The molecular formula is C29H25N5O3S. The van der Waals surface area contributed by atoms with Crippen LogP contribution >= 0.6 is 0 Å². The third-order valence-corrected chi connectivity index (χ3v) is 7.38. The number of pyridine rings is 1. The van der Waals surface area contributed by atoms with Crippen molar-refractivity contribution in [1.82, 2.24) is 15.0 Å². The fourth-order valence-corrected chi connectivity index (χ4v) is 5.24. The minimum atomic E-state index is -3.87. The summed E-state index contributed by atoms with van der Waals surface area (Å²) >= 11 is 0. The van der Waals surface area contributed by atoms with Crippen LogP contribution < -0.4 is 10.0 Å². The number of carbonyl (C=O) groups is 1. The maximum atomic E-state index is 13.4. The van der Waals surface area contributed by atoms with Gasteiger partial charge in [-0.1, -0.05) is 42.5 Å². The van der Waals surface area contributed by atoms with E-state index in [2.05, 4.69) is 20.0 Å². The predicted molar refractivity (Wildman–Crippen MR) is 149 cm³/mol. The van der Waals surface area contributed by atoms with Crippen LogP contribution in [0.15, 0.2) is 89.8 Å². The van der Waals surface area contributed by atoms with E-state index in [0.717, 1.165) is 16.5 Å². The molecule has 0 fully saturated rings. The number of nitrogens with zero attached hydrogens (tertiary/aromatic N) is 3. The van der Waals surface area contributed by atoms with E-state index >= 15 is 0 Å². The summed E-state index contributed by atoms with van der Waals surface area (Å²) in [6.07, 6.45) is 0. The molecule has 9 heteroatoms. The van der Waals surface area contributed by atoms with Gasteiger partial charge in [0.1, 0.15) is 11.6 Å². The van der Waals surface area contributed by atoms with Gasteiger partial charge in [-0.25, -0.2) is 23.4 Å². The molecule has 2 N–H and O–H groups in total. The van der Waals surface area contributed by atoms with Crippen molar-refractivity contribution < 1.29 is 13.2 Å². The molecule has 2 aromatic heterocycles. The van der Waals surface area contributed by atoms with Gasteiger partial charge in [-0.2, -0.15) is 0 Å². The van der Waals surface area contributed by atoms with Crippen LogP contribution in [-0.2, 0) is 10.0 Å². The minimum Gasteiger partial charge on any atom is -0.322 e. The molecule has 0 atom stereocenters. The summed E-state index contributed by atoms with van der Waals surface area (Å²) in [6, 6.07) is 24.7. The lowest BCUT2D eigenvalue weighted by Crippen LogP contribution is -2.15. The van der Waals surface area contributed by atoms with Gasteiger partial charge in [-0.05, 0) is 62.7 Å². The molecule has 3 aromatic carbocycles. The Labute approximate surface area is 220 Å². The Kier molecular flexibility index (Phi) is 6.61. The molecule has 0 saturated carbocycles. The van der Waals surface area contributed by atoms with Gasteiger partial charge < -0.3 is 5.32 Å². The second-order valence-corrected chi connectivity index (χ2v) is 10.6. The van der Waals surface area contributed by atoms with Gasteiger partial charge in [0.25, 0.3) is 15.9 Å². The number of para-hydroxylation sites is 1. The number of rotatable bonds is 6. The normalized spacial score (nSPS) is 11.3. The highest BCUT2D eigenvalue weighted by Crippen LogP contribution is 2.28. The zero-order chi connectivity index (χ0) is 26.9. The number of anilines is 2. The summed E-state index contributed by atoms with van der Waals surface area (Å²) in [5.41, 5.74) is 5.00. The lowest BCUT2D eigenvalue weighted by molar-refractivity contribution is 0.102. The van der Waals surface area contributed by atoms with Crippen molar-refractivity contribution in [3.63, 3.8) is 0 Å². The Morgan fingerprint density at radius 3 is 2.24 bits per heavy atom. The van der Waals surface area contributed by atoms with Gasteiger partial charge in [0.2, 0.25) is 0 Å². The van der Waals surface area contributed by atoms with Crippen LogP contribution in [0, 0.1) is 20.8 Å². The van der Waals surface area contributed by atoms with E-state index < -0.39 is 10.0 Å². The molecule has 0 bridgehead atoms. The maximum absolute atomic E-state index is 13.4. The molecule has 5 rings (SSSR count). The highest BCUT2D eigenvalue weighted by Gasteiger charge is 2.18. The number of fused-ring (bicyclic) bond motifs is 1. The number of amides is 1. The number of aromatic nitrogens is 3. The van der Waals surface area contributed by atoms with Crippen molar-refractivity contribution in [3.05, 3.63) is 108 Å². The molecule has 0 radical (unpaired) electrons. The van der Waals surface area contributed by atoms with Crippen LogP contribution in [0.4, 0.5) is 11.5 Å². The Balaban J connectivity index is 1.42. The van der Waals surface area contributed by atoms with Crippen molar-refractivity contribution >= 4 is 38.3 Å². The maximum Gasteiger partial charge on any atom is 0.263 e. The van der Waals surface area contributed by atoms with E-state index in [4.69, 9.17) is 4.98 Å². The molecule has 5 aromatic rings. The molecule has 1 amide bonds. The monoisotopic (exact) mass is 523 g/mol. The molecule has 190 valence electrons. The molecule has 0 unspecified atom stereocenters. The number of benzene rings is 3. The molecule has 8 nitrogen and oxygen atoms in total. The summed E-state index contributed by atoms with van der Waals surface area (Å²) in [5, 5.41) is 3.61.